The smallest absolute Gasteiger partial charge is 0.128 e. The first-order chi connectivity index (χ1) is 11.2. The minimum Gasteiger partial charge on any atom is -0.490 e. The first-order valence-corrected chi connectivity index (χ1v) is 8.23. The number of aliphatic hydroxyl groups excluding tert-OH is 2. The summed E-state index contributed by atoms with van der Waals surface area (Å²) in [5.74, 6) is 0.812. The summed E-state index contributed by atoms with van der Waals surface area (Å²) >= 11 is 0. The maximum absolute atomic E-state index is 9.64. The standard InChI is InChI=1S/C18H33N3O3/c1-19(2)9-14-7-15(10-20(3)4)18(24-13-17(23)12-22)16(8-14)11-21(5)6/h7-8,17,22-23H,9-13H2,1-6H3. The fourth-order valence-corrected chi connectivity index (χ4v) is 2.62. The van der Waals surface area contributed by atoms with Crippen molar-refractivity contribution in [2.45, 2.75) is 25.7 Å². The summed E-state index contributed by atoms with van der Waals surface area (Å²) in [5.41, 5.74) is 3.44. The summed E-state index contributed by atoms with van der Waals surface area (Å²) in [6.45, 7) is 2.16. The minimum absolute atomic E-state index is 0.0877. The molecule has 1 unspecified atom stereocenters. The Bertz CT molecular complexity index is 473. The van der Waals surface area contributed by atoms with Crippen LogP contribution in [0, 0.1) is 0 Å². The number of hydrogen-bond donors (Lipinski definition) is 2. The lowest BCUT2D eigenvalue weighted by Gasteiger charge is -2.23. The van der Waals surface area contributed by atoms with Crippen LogP contribution < -0.4 is 4.74 Å². The lowest BCUT2D eigenvalue weighted by molar-refractivity contribution is 0.0526. The minimum atomic E-state index is -0.870. The van der Waals surface area contributed by atoms with Crippen molar-refractivity contribution in [1.82, 2.24) is 14.7 Å². The van der Waals surface area contributed by atoms with E-state index in [1.165, 1.54) is 5.56 Å². The fourth-order valence-electron chi connectivity index (χ4n) is 2.62. The maximum atomic E-state index is 9.64. The highest BCUT2D eigenvalue weighted by atomic mass is 16.5. The van der Waals surface area contributed by atoms with Gasteiger partial charge in [-0.2, -0.15) is 0 Å². The van der Waals surface area contributed by atoms with Crippen molar-refractivity contribution in [3.63, 3.8) is 0 Å². The van der Waals surface area contributed by atoms with E-state index >= 15 is 0 Å². The molecule has 0 saturated heterocycles. The topological polar surface area (TPSA) is 59.4 Å². The van der Waals surface area contributed by atoms with E-state index in [1.54, 1.807) is 0 Å². The Morgan fingerprint density at radius 1 is 0.875 bits per heavy atom. The number of hydrogen-bond acceptors (Lipinski definition) is 6. The van der Waals surface area contributed by atoms with Crippen LogP contribution in [-0.4, -0.2) is 86.5 Å². The molecule has 0 bridgehead atoms. The largest absolute Gasteiger partial charge is 0.490 e. The third-order valence-corrected chi connectivity index (χ3v) is 3.41. The Morgan fingerprint density at radius 3 is 1.71 bits per heavy atom. The lowest BCUT2D eigenvalue weighted by atomic mass is 10.0. The Kier molecular flexibility index (Phi) is 8.66. The molecule has 0 spiro atoms. The first-order valence-electron chi connectivity index (χ1n) is 8.23. The highest BCUT2D eigenvalue weighted by molar-refractivity contribution is 5.45. The number of benzene rings is 1. The van der Waals surface area contributed by atoms with Gasteiger partial charge in [-0.1, -0.05) is 0 Å². The quantitative estimate of drug-likeness (QED) is 0.651. The van der Waals surface area contributed by atoms with Crippen LogP contribution in [0.25, 0.3) is 0 Å². The van der Waals surface area contributed by atoms with E-state index in [0.29, 0.717) is 0 Å². The van der Waals surface area contributed by atoms with Crippen molar-refractivity contribution >= 4 is 0 Å². The van der Waals surface area contributed by atoms with Crippen LogP contribution in [0.4, 0.5) is 0 Å². The van der Waals surface area contributed by atoms with Crippen LogP contribution in [0.15, 0.2) is 12.1 Å². The fraction of sp³-hybridized carbons (Fsp3) is 0.667. The Hall–Kier alpha value is -1.18. The summed E-state index contributed by atoms with van der Waals surface area (Å²) in [6.07, 6.45) is -0.870. The maximum Gasteiger partial charge on any atom is 0.128 e. The molecule has 0 amide bonds. The Morgan fingerprint density at radius 2 is 1.33 bits per heavy atom. The van der Waals surface area contributed by atoms with Crippen molar-refractivity contribution in [3.05, 3.63) is 28.8 Å². The van der Waals surface area contributed by atoms with Gasteiger partial charge in [0.15, 0.2) is 0 Å². The molecule has 0 fully saturated rings. The summed E-state index contributed by atoms with van der Waals surface area (Å²) in [6, 6.07) is 4.33. The SMILES string of the molecule is CN(C)Cc1cc(CN(C)C)c(OCC(O)CO)c(CN(C)C)c1. The van der Waals surface area contributed by atoms with Gasteiger partial charge in [0.05, 0.1) is 6.61 Å². The molecular weight excluding hydrogens is 306 g/mol. The van der Waals surface area contributed by atoms with Gasteiger partial charge in [0.2, 0.25) is 0 Å². The van der Waals surface area contributed by atoms with E-state index in [9.17, 15) is 5.11 Å². The second kappa shape index (κ2) is 9.96. The van der Waals surface area contributed by atoms with Crippen LogP contribution in [0.2, 0.25) is 0 Å². The van der Waals surface area contributed by atoms with Gasteiger partial charge in [-0.05, 0) is 60.0 Å². The van der Waals surface area contributed by atoms with Crippen molar-refractivity contribution in [2.24, 2.45) is 0 Å². The lowest BCUT2D eigenvalue weighted by Crippen LogP contribution is -2.24. The van der Waals surface area contributed by atoms with Crippen LogP contribution in [0.1, 0.15) is 16.7 Å². The molecule has 0 radical (unpaired) electrons. The molecule has 0 heterocycles. The molecule has 0 saturated carbocycles. The average Bonchev–Trinajstić information content (AvgIpc) is 2.44. The molecular formula is C18H33N3O3. The van der Waals surface area contributed by atoms with Crippen molar-refractivity contribution in [3.8, 4) is 5.75 Å². The monoisotopic (exact) mass is 339 g/mol. The van der Waals surface area contributed by atoms with Crippen molar-refractivity contribution in [2.75, 3.05) is 55.5 Å². The van der Waals surface area contributed by atoms with Gasteiger partial charge in [-0.15, -0.1) is 0 Å². The van der Waals surface area contributed by atoms with Gasteiger partial charge >= 0.3 is 0 Å². The number of rotatable bonds is 10. The number of ether oxygens (including phenoxy) is 1. The molecule has 2 N–H and O–H groups in total. The van der Waals surface area contributed by atoms with Crippen LogP contribution >= 0.6 is 0 Å². The molecule has 0 aromatic heterocycles. The molecule has 1 rings (SSSR count). The van der Waals surface area contributed by atoms with E-state index in [0.717, 1.165) is 36.5 Å². The first kappa shape index (κ1) is 20.9. The Labute approximate surface area is 146 Å². The number of aliphatic hydroxyl groups is 2. The van der Waals surface area contributed by atoms with Crippen molar-refractivity contribution in [1.29, 1.82) is 0 Å². The van der Waals surface area contributed by atoms with Gasteiger partial charge in [0.1, 0.15) is 18.5 Å². The third kappa shape index (κ3) is 7.15. The summed E-state index contributed by atoms with van der Waals surface area (Å²) in [4.78, 5) is 6.34. The van der Waals surface area contributed by atoms with E-state index in [4.69, 9.17) is 9.84 Å². The normalized spacial score (nSPS) is 13.1. The van der Waals surface area contributed by atoms with E-state index in [2.05, 4.69) is 40.9 Å². The van der Waals surface area contributed by atoms with Gasteiger partial charge in [-0.25, -0.2) is 0 Å². The summed E-state index contributed by atoms with van der Waals surface area (Å²) in [7, 11) is 12.2. The second-order valence-electron chi connectivity index (χ2n) is 7.10. The molecule has 24 heavy (non-hydrogen) atoms. The van der Waals surface area contributed by atoms with E-state index < -0.39 is 6.10 Å². The van der Waals surface area contributed by atoms with E-state index in [1.807, 2.05) is 28.2 Å². The second-order valence-corrected chi connectivity index (χ2v) is 7.10. The average molecular weight is 339 g/mol. The molecule has 1 aromatic rings. The van der Waals surface area contributed by atoms with E-state index in [-0.39, 0.29) is 13.2 Å². The summed E-state index contributed by atoms with van der Waals surface area (Å²) in [5, 5.41) is 18.7. The molecule has 0 aliphatic carbocycles. The molecule has 1 atom stereocenters. The molecule has 1 aromatic carbocycles. The van der Waals surface area contributed by atoms with Gasteiger partial charge in [0, 0.05) is 30.8 Å². The highest BCUT2D eigenvalue weighted by Gasteiger charge is 2.16. The van der Waals surface area contributed by atoms with Crippen LogP contribution in [0.5, 0.6) is 5.75 Å². The van der Waals surface area contributed by atoms with Gasteiger partial charge in [-0.3, -0.25) is 0 Å². The zero-order valence-corrected chi connectivity index (χ0v) is 15.9. The summed E-state index contributed by atoms with van der Waals surface area (Å²) < 4.78 is 5.91. The number of nitrogens with zero attached hydrogens (tertiary/aromatic N) is 3. The predicted octanol–water partition coefficient (Wildman–Crippen LogP) is 0.603. The zero-order valence-electron chi connectivity index (χ0n) is 15.9. The molecule has 6 heteroatoms. The Balaban J connectivity index is 3.24. The molecule has 138 valence electrons. The van der Waals surface area contributed by atoms with Gasteiger partial charge < -0.3 is 29.6 Å². The molecule has 0 aliphatic rings. The van der Waals surface area contributed by atoms with Crippen molar-refractivity contribution < 1.29 is 14.9 Å². The zero-order chi connectivity index (χ0) is 18.3. The van der Waals surface area contributed by atoms with Gasteiger partial charge in [0.25, 0.3) is 0 Å². The van der Waals surface area contributed by atoms with Crippen LogP contribution in [0.3, 0.4) is 0 Å². The third-order valence-electron chi connectivity index (χ3n) is 3.41. The predicted molar refractivity (Wildman–Crippen MR) is 97.2 cm³/mol. The highest BCUT2D eigenvalue weighted by Crippen LogP contribution is 2.29. The molecule has 0 aliphatic heterocycles. The molecule has 6 nitrogen and oxygen atoms in total. The van der Waals surface area contributed by atoms with Crippen LogP contribution in [-0.2, 0) is 19.6 Å².